The van der Waals surface area contributed by atoms with E-state index in [1.807, 2.05) is 19.9 Å². The van der Waals surface area contributed by atoms with E-state index in [-0.39, 0.29) is 18.0 Å². The first-order valence-electron chi connectivity index (χ1n) is 8.90. The molecule has 0 radical (unpaired) electrons. The number of nitrogens with one attached hydrogen (secondary N) is 1. The number of halogens is 2. The largest absolute Gasteiger partial charge is 0.332 e. The Balaban J connectivity index is 2.14. The molecule has 0 saturated carbocycles. The molecule has 1 amide bonds. The maximum Gasteiger partial charge on any atom is 0.257 e. The number of amides is 1. The molecular formula is C19H25F2N5O. The van der Waals surface area contributed by atoms with E-state index in [2.05, 4.69) is 15.6 Å². The Kier molecular flexibility index (Phi) is 7.75. The van der Waals surface area contributed by atoms with Crippen molar-refractivity contribution in [3.63, 3.8) is 0 Å². The lowest BCUT2D eigenvalue weighted by atomic mass is 10.1. The van der Waals surface area contributed by atoms with Gasteiger partial charge in [-0.1, -0.05) is 13.8 Å². The van der Waals surface area contributed by atoms with E-state index in [1.165, 1.54) is 4.90 Å². The van der Waals surface area contributed by atoms with Gasteiger partial charge in [-0.15, -0.1) is 0 Å². The van der Waals surface area contributed by atoms with Gasteiger partial charge in [-0.25, -0.2) is 8.78 Å². The third kappa shape index (κ3) is 6.33. The van der Waals surface area contributed by atoms with Crippen molar-refractivity contribution < 1.29 is 13.6 Å². The number of hydrogen-bond acceptors (Lipinski definition) is 5. The van der Waals surface area contributed by atoms with Crippen molar-refractivity contribution in [3.05, 3.63) is 58.9 Å². The van der Waals surface area contributed by atoms with Crippen molar-refractivity contribution in [1.82, 2.24) is 20.5 Å². The molecule has 3 N–H and O–H groups in total. The Bertz CT molecular complexity index is 752. The molecule has 1 aromatic carbocycles. The maximum atomic E-state index is 14.0. The second-order valence-electron chi connectivity index (χ2n) is 6.78. The van der Waals surface area contributed by atoms with Crippen molar-refractivity contribution in [2.75, 3.05) is 13.1 Å². The summed E-state index contributed by atoms with van der Waals surface area (Å²) in [6.07, 6.45) is 1.57. The molecule has 0 unspecified atom stereocenters. The quantitative estimate of drug-likeness (QED) is 0.398. The third-order valence-corrected chi connectivity index (χ3v) is 3.91. The molecule has 6 nitrogen and oxygen atoms in total. The molecule has 8 heteroatoms. The lowest BCUT2D eigenvalue weighted by Gasteiger charge is -2.24. The van der Waals surface area contributed by atoms with E-state index < -0.39 is 17.5 Å². The van der Waals surface area contributed by atoms with Crippen LogP contribution in [0, 0.1) is 17.6 Å². The fourth-order valence-corrected chi connectivity index (χ4v) is 2.66. The summed E-state index contributed by atoms with van der Waals surface area (Å²) >= 11 is 0. The average molecular weight is 377 g/mol. The van der Waals surface area contributed by atoms with E-state index in [1.54, 1.807) is 6.07 Å². The smallest absolute Gasteiger partial charge is 0.257 e. The molecular weight excluding hydrogens is 352 g/mol. The first kappa shape index (κ1) is 20.9. The van der Waals surface area contributed by atoms with Crippen LogP contribution in [0.2, 0.25) is 0 Å². The molecule has 0 bridgehead atoms. The number of rotatable bonds is 9. The summed E-state index contributed by atoms with van der Waals surface area (Å²) < 4.78 is 27.5. The van der Waals surface area contributed by atoms with Crippen LogP contribution < -0.4 is 11.3 Å². The van der Waals surface area contributed by atoms with Gasteiger partial charge >= 0.3 is 0 Å². The van der Waals surface area contributed by atoms with Gasteiger partial charge in [-0.2, -0.15) is 10.2 Å². The fraction of sp³-hybridized carbons (Fsp3) is 0.421. The van der Waals surface area contributed by atoms with Crippen LogP contribution in [0.3, 0.4) is 0 Å². The maximum absolute atomic E-state index is 14.0. The molecule has 1 aromatic heterocycles. The summed E-state index contributed by atoms with van der Waals surface area (Å²) in [6.45, 7) is 5.13. The van der Waals surface area contributed by atoms with Crippen LogP contribution >= 0.6 is 0 Å². The average Bonchev–Trinajstić information content (AvgIpc) is 2.64. The van der Waals surface area contributed by atoms with Gasteiger partial charge in [0.25, 0.3) is 5.91 Å². The van der Waals surface area contributed by atoms with Gasteiger partial charge in [0, 0.05) is 13.1 Å². The standard InChI is InChI=1S/C19H25F2N5O/c1-13(2)11-26(19(27)17-10-14(20)5-8-18(17)21)12-16-7-6-15(24-25-16)4-3-9-23-22/h5-8,10,13,23H,3-4,9,11-12,22H2,1-2H3. The number of aryl methyl sites for hydroxylation is 1. The van der Waals surface area contributed by atoms with E-state index in [0.717, 1.165) is 36.7 Å². The van der Waals surface area contributed by atoms with Crippen molar-refractivity contribution in [2.24, 2.45) is 11.8 Å². The van der Waals surface area contributed by atoms with E-state index in [4.69, 9.17) is 5.84 Å². The normalized spacial score (nSPS) is 11.0. The molecule has 27 heavy (non-hydrogen) atoms. The number of carbonyl (C=O) groups excluding carboxylic acids is 1. The Morgan fingerprint density at radius 3 is 2.52 bits per heavy atom. The van der Waals surface area contributed by atoms with Crippen molar-refractivity contribution >= 4 is 5.91 Å². The first-order valence-corrected chi connectivity index (χ1v) is 8.90. The highest BCUT2D eigenvalue weighted by molar-refractivity contribution is 5.94. The highest BCUT2D eigenvalue weighted by Gasteiger charge is 2.21. The topological polar surface area (TPSA) is 84.1 Å². The van der Waals surface area contributed by atoms with Crippen LogP contribution in [0.25, 0.3) is 0 Å². The van der Waals surface area contributed by atoms with Crippen LogP contribution in [0.15, 0.2) is 30.3 Å². The summed E-state index contributed by atoms with van der Waals surface area (Å²) in [6, 6.07) is 6.51. The van der Waals surface area contributed by atoms with Gasteiger partial charge in [0.1, 0.15) is 11.6 Å². The summed E-state index contributed by atoms with van der Waals surface area (Å²) in [5.74, 6) is 3.42. The van der Waals surface area contributed by atoms with Gasteiger partial charge in [0.2, 0.25) is 0 Å². The number of hydrogen-bond donors (Lipinski definition) is 2. The Morgan fingerprint density at radius 2 is 1.89 bits per heavy atom. The van der Waals surface area contributed by atoms with Crippen LogP contribution in [0.4, 0.5) is 8.78 Å². The van der Waals surface area contributed by atoms with Crippen molar-refractivity contribution in [2.45, 2.75) is 33.2 Å². The molecule has 2 rings (SSSR count). The summed E-state index contributed by atoms with van der Waals surface area (Å²) in [5.41, 5.74) is 3.71. The van der Waals surface area contributed by atoms with Gasteiger partial charge in [0.15, 0.2) is 0 Å². The zero-order chi connectivity index (χ0) is 19.8. The molecule has 0 atom stereocenters. The molecule has 0 spiro atoms. The van der Waals surface area contributed by atoms with Crippen LogP contribution in [-0.2, 0) is 13.0 Å². The highest BCUT2D eigenvalue weighted by atomic mass is 19.1. The second kappa shape index (κ2) is 10.0. The summed E-state index contributed by atoms with van der Waals surface area (Å²) in [4.78, 5) is 14.2. The molecule has 0 aliphatic heterocycles. The van der Waals surface area contributed by atoms with E-state index in [9.17, 15) is 13.6 Å². The minimum atomic E-state index is -0.745. The molecule has 0 aliphatic carbocycles. The molecule has 0 saturated heterocycles. The zero-order valence-electron chi connectivity index (χ0n) is 15.6. The fourth-order valence-electron chi connectivity index (χ4n) is 2.66. The zero-order valence-corrected chi connectivity index (χ0v) is 15.6. The minimum Gasteiger partial charge on any atom is -0.332 e. The predicted octanol–water partition coefficient (Wildman–Crippen LogP) is 2.45. The van der Waals surface area contributed by atoms with Crippen LogP contribution in [0.5, 0.6) is 0 Å². The second-order valence-corrected chi connectivity index (χ2v) is 6.78. The SMILES string of the molecule is CC(C)CN(Cc1ccc(CCCNN)nn1)C(=O)c1cc(F)ccc1F. The van der Waals surface area contributed by atoms with Crippen molar-refractivity contribution in [1.29, 1.82) is 0 Å². The molecule has 0 aliphatic rings. The molecule has 1 heterocycles. The van der Waals surface area contributed by atoms with E-state index >= 15 is 0 Å². The number of aromatic nitrogens is 2. The predicted molar refractivity (Wildman–Crippen MR) is 98.5 cm³/mol. The van der Waals surface area contributed by atoms with Gasteiger partial charge in [0.05, 0.1) is 23.5 Å². The lowest BCUT2D eigenvalue weighted by molar-refractivity contribution is 0.0714. The number of benzene rings is 1. The van der Waals surface area contributed by atoms with E-state index in [0.29, 0.717) is 18.8 Å². The Hall–Kier alpha value is -2.45. The molecule has 2 aromatic rings. The summed E-state index contributed by atoms with van der Waals surface area (Å²) in [5, 5.41) is 8.31. The minimum absolute atomic E-state index is 0.154. The molecule has 146 valence electrons. The van der Waals surface area contributed by atoms with Gasteiger partial charge in [-0.05, 0) is 49.1 Å². The number of carbonyl (C=O) groups is 1. The number of nitrogens with zero attached hydrogens (tertiary/aromatic N) is 3. The van der Waals surface area contributed by atoms with Gasteiger partial charge in [-0.3, -0.25) is 16.1 Å². The highest BCUT2D eigenvalue weighted by Crippen LogP contribution is 2.16. The Labute approximate surface area is 157 Å². The van der Waals surface area contributed by atoms with Gasteiger partial charge < -0.3 is 4.90 Å². The monoisotopic (exact) mass is 377 g/mol. The number of nitrogens with two attached hydrogens (primary N) is 1. The van der Waals surface area contributed by atoms with Crippen LogP contribution in [-0.4, -0.2) is 34.1 Å². The lowest BCUT2D eigenvalue weighted by Crippen LogP contribution is -2.34. The third-order valence-electron chi connectivity index (χ3n) is 3.91. The summed E-state index contributed by atoms with van der Waals surface area (Å²) in [7, 11) is 0. The number of hydrazine groups is 1. The first-order chi connectivity index (χ1) is 12.9. The van der Waals surface area contributed by atoms with Crippen molar-refractivity contribution in [3.8, 4) is 0 Å². The Morgan fingerprint density at radius 1 is 1.19 bits per heavy atom. The molecule has 0 fully saturated rings. The van der Waals surface area contributed by atoms with Crippen LogP contribution in [0.1, 0.15) is 42.0 Å².